The van der Waals surface area contributed by atoms with Gasteiger partial charge >= 0.3 is 0 Å². The number of nitrogens with two attached hydrogens (primary N) is 1. The number of halogens is 2. The summed E-state index contributed by atoms with van der Waals surface area (Å²) in [6, 6.07) is 9.70. The van der Waals surface area contributed by atoms with Gasteiger partial charge in [0.1, 0.15) is 24.0 Å². The van der Waals surface area contributed by atoms with Crippen molar-refractivity contribution in [3.8, 4) is 11.8 Å². The Morgan fingerprint density at radius 2 is 2.00 bits per heavy atom. The molecular formula is C16H14F2N2O. The van der Waals surface area contributed by atoms with Crippen molar-refractivity contribution in [3.05, 3.63) is 64.7 Å². The number of benzene rings is 2. The van der Waals surface area contributed by atoms with Crippen molar-refractivity contribution in [2.75, 3.05) is 0 Å². The first-order valence-electron chi connectivity index (χ1n) is 6.37. The van der Waals surface area contributed by atoms with Crippen molar-refractivity contribution in [1.29, 1.82) is 5.26 Å². The van der Waals surface area contributed by atoms with Gasteiger partial charge in [-0.05, 0) is 25.1 Å². The van der Waals surface area contributed by atoms with Crippen LogP contribution in [0.3, 0.4) is 0 Å². The lowest BCUT2D eigenvalue weighted by atomic mass is 10.1. The monoisotopic (exact) mass is 288 g/mol. The molecule has 0 saturated carbocycles. The first kappa shape index (κ1) is 14.9. The fraction of sp³-hybridized carbons (Fsp3) is 0.188. The summed E-state index contributed by atoms with van der Waals surface area (Å²) in [5, 5.41) is 8.69. The number of hydrogen-bond donors (Lipinski definition) is 1. The second kappa shape index (κ2) is 6.33. The van der Waals surface area contributed by atoms with Crippen LogP contribution in [-0.2, 0) is 6.61 Å². The molecule has 21 heavy (non-hydrogen) atoms. The lowest BCUT2D eigenvalue weighted by Crippen LogP contribution is -2.09. The molecule has 2 aromatic rings. The number of ether oxygens (including phenoxy) is 1. The Balaban J connectivity index is 2.20. The molecule has 0 unspecified atom stereocenters. The molecule has 2 rings (SSSR count). The highest BCUT2D eigenvalue weighted by Crippen LogP contribution is 2.26. The van der Waals surface area contributed by atoms with Gasteiger partial charge < -0.3 is 10.5 Å². The summed E-state index contributed by atoms with van der Waals surface area (Å²) < 4.78 is 32.5. The summed E-state index contributed by atoms with van der Waals surface area (Å²) in [6.45, 7) is 1.68. The first-order valence-corrected chi connectivity index (χ1v) is 6.37. The molecule has 108 valence electrons. The molecule has 1 atom stereocenters. The second-order valence-corrected chi connectivity index (χ2v) is 4.68. The van der Waals surface area contributed by atoms with Crippen LogP contribution in [-0.4, -0.2) is 0 Å². The van der Waals surface area contributed by atoms with Crippen LogP contribution in [0.15, 0.2) is 36.4 Å². The maximum atomic E-state index is 13.7. The van der Waals surface area contributed by atoms with Gasteiger partial charge in [0.2, 0.25) is 0 Å². The predicted molar refractivity (Wildman–Crippen MR) is 74.4 cm³/mol. The Labute approximate surface area is 121 Å². The van der Waals surface area contributed by atoms with E-state index in [-0.39, 0.29) is 29.5 Å². The fourth-order valence-corrected chi connectivity index (χ4v) is 1.90. The van der Waals surface area contributed by atoms with Crippen LogP contribution in [0.4, 0.5) is 8.78 Å². The van der Waals surface area contributed by atoms with Crippen molar-refractivity contribution in [3.63, 3.8) is 0 Å². The molecule has 2 aromatic carbocycles. The van der Waals surface area contributed by atoms with E-state index >= 15 is 0 Å². The van der Waals surface area contributed by atoms with Crippen LogP contribution in [0.1, 0.15) is 29.7 Å². The number of rotatable bonds is 4. The van der Waals surface area contributed by atoms with E-state index < -0.39 is 11.6 Å². The van der Waals surface area contributed by atoms with Crippen LogP contribution in [0.25, 0.3) is 0 Å². The fourth-order valence-electron chi connectivity index (χ4n) is 1.90. The van der Waals surface area contributed by atoms with Crippen molar-refractivity contribution in [1.82, 2.24) is 0 Å². The van der Waals surface area contributed by atoms with Gasteiger partial charge in [0.15, 0.2) is 0 Å². The van der Waals surface area contributed by atoms with Gasteiger partial charge in [-0.15, -0.1) is 0 Å². The smallest absolute Gasteiger partial charge is 0.131 e. The number of hydrogen-bond acceptors (Lipinski definition) is 3. The Morgan fingerprint density at radius 1 is 1.24 bits per heavy atom. The molecule has 0 aliphatic rings. The molecule has 0 aromatic heterocycles. The Morgan fingerprint density at radius 3 is 2.62 bits per heavy atom. The van der Waals surface area contributed by atoms with Crippen molar-refractivity contribution < 1.29 is 13.5 Å². The van der Waals surface area contributed by atoms with E-state index in [4.69, 9.17) is 15.7 Å². The van der Waals surface area contributed by atoms with Crippen LogP contribution in [0.5, 0.6) is 5.75 Å². The predicted octanol–water partition coefficient (Wildman–Crippen LogP) is 3.44. The van der Waals surface area contributed by atoms with E-state index in [0.29, 0.717) is 5.56 Å². The van der Waals surface area contributed by atoms with Gasteiger partial charge in [0.05, 0.1) is 11.6 Å². The highest BCUT2D eigenvalue weighted by atomic mass is 19.1. The van der Waals surface area contributed by atoms with E-state index in [1.807, 2.05) is 6.07 Å². The number of nitriles is 1. The van der Waals surface area contributed by atoms with Crippen molar-refractivity contribution in [2.24, 2.45) is 5.73 Å². The quantitative estimate of drug-likeness (QED) is 0.937. The minimum atomic E-state index is -0.534. The van der Waals surface area contributed by atoms with Crippen molar-refractivity contribution in [2.45, 2.75) is 19.6 Å². The zero-order chi connectivity index (χ0) is 15.4. The molecule has 5 heteroatoms. The lowest BCUT2D eigenvalue weighted by molar-refractivity contribution is 0.294. The summed E-state index contributed by atoms with van der Waals surface area (Å²) >= 11 is 0. The molecule has 0 saturated heterocycles. The van der Waals surface area contributed by atoms with Gasteiger partial charge in [-0.3, -0.25) is 0 Å². The summed E-state index contributed by atoms with van der Waals surface area (Å²) in [7, 11) is 0. The van der Waals surface area contributed by atoms with E-state index in [9.17, 15) is 8.78 Å². The molecule has 0 fully saturated rings. The average molecular weight is 288 g/mol. The number of nitrogens with zero attached hydrogens (tertiary/aromatic N) is 1. The van der Waals surface area contributed by atoms with Gasteiger partial charge in [-0.2, -0.15) is 5.26 Å². The molecule has 0 aliphatic heterocycles. The standard InChI is InChI=1S/C16H14F2N2O/c1-10(20)14-5-4-13(17)7-16(14)21-9-12-3-2-11(8-19)6-15(12)18/h2-7,10H,9,20H2,1H3/t10-/m1/s1. The summed E-state index contributed by atoms with van der Waals surface area (Å²) in [6.07, 6.45) is 0. The largest absolute Gasteiger partial charge is 0.488 e. The van der Waals surface area contributed by atoms with Gasteiger partial charge in [0, 0.05) is 23.2 Å². The van der Waals surface area contributed by atoms with Gasteiger partial charge in [0.25, 0.3) is 0 Å². The topological polar surface area (TPSA) is 59.0 Å². The van der Waals surface area contributed by atoms with Crippen molar-refractivity contribution >= 4 is 0 Å². The van der Waals surface area contributed by atoms with Crippen LogP contribution >= 0.6 is 0 Å². The summed E-state index contributed by atoms with van der Waals surface area (Å²) in [5.41, 5.74) is 6.95. The normalized spacial score (nSPS) is 11.8. The zero-order valence-corrected chi connectivity index (χ0v) is 11.4. The minimum absolute atomic E-state index is 0.0687. The summed E-state index contributed by atoms with van der Waals surface area (Å²) in [4.78, 5) is 0. The molecule has 0 radical (unpaired) electrons. The summed E-state index contributed by atoms with van der Waals surface area (Å²) in [5.74, 6) is -0.698. The second-order valence-electron chi connectivity index (χ2n) is 4.68. The third kappa shape index (κ3) is 3.56. The third-order valence-corrected chi connectivity index (χ3v) is 3.03. The van der Waals surface area contributed by atoms with E-state index in [1.54, 1.807) is 13.0 Å². The Hall–Kier alpha value is -2.45. The van der Waals surface area contributed by atoms with E-state index in [0.717, 1.165) is 6.07 Å². The maximum Gasteiger partial charge on any atom is 0.131 e. The molecule has 2 N–H and O–H groups in total. The SMILES string of the molecule is C[C@@H](N)c1ccc(F)cc1OCc1ccc(C#N)cc1F. The molecule has 0 amide bonds. The molecule has 0 heterocycles. The van der Waals surface area contributed by atoms with Crippen LogP contribution in [0, 0.1) is 23.0 Å². The van der Waals surface area contributed by atoms with E-state index in [1.165, 1.54) is 24.3 Å². The molecule has 0 spiro atoms. The Bertz CT molecular complexity index is 693. The average Bonchev–Trinajstić information content (AvgIpc) is 2.45. The molecule has 0 bridgehead atoms. The minimum Gasteiger partial charge on any atom is -0.488 e. The Kier molecular flexibility index (Phi) is 4.51. The van der Waals surface area contributed by atoms with E-state index in [2.05, 4.69) is 0 Å². The molecule has 3 nitrogen and oxygen atoms in total. The van der Waals surface area contributed by atoms with Crippen LogP contribution in [0.2, 0.25) is 0 Å². The van der Waals surface area contributed by atoms with Crippen LogP contribution < -0.4 is 10.5 Å². The zero-order valence-electron chi connectivity index (χ0n) is 11.4. The molecule has 0 aliphatic carbocycles. The highest BCUT2D eigenvalue weighted by molar-refractivity contribution is 5.37. The third-order valence-electron chi connectivity index (χ3n) is 3.03. The van der Waals surface area contributed by atoms with Gasteiger partial charge in [-0.25, -0.2) is 8.78 Å². The van der Waals surface area contributed by atoms with Gasteiger partial charge in [-0.1, -0.05) is 12.1 Å². The molecular weight excluding hydrogens is 274 g/mol. The maximum absolute atomic E-state index is 13.7. The highest BCUT2D eigenvalue weighted by Gasteiger charge is 2.11. The lowest BCUT2D eigenvalue weighted by Gasteiger charge is -2.14. The first-order chi connectivity index (χ1) is 10.0.